The molecule has 2 fully saturated rings. The molecular weight excluding hydrogens is 354 g/mol. The van der Waals surface area contributed by atoms with Gasteiger partial charge in [0.05, 0.1) is 0 Å². The van der Waals surface area contributed by atoms with Gasteiger partial charge in [0.1, 0.15) is 0 Å². The van der Waals surface area contributed by atoms with Crippen molar-refractivity contribution in [2.45, 2.75) is 31.7 Å². The molecule has 27 heavy (non-hydrogen) atoms. The number of nitrogens with one attached hydrogen (secondary N) is 1. The van der Waals surface area contributed by atoms with Gasteiger partial charge in [-0.1, -0.05) is 24.3 Å². The van der Waals surface area contributed by atoms with E-state index in [1.54, 1.807) is 0 Å². The summed E-state index contributed by atoms with van der Waals surface area (Å²) in [6, 6.07) is 9.06. The van der Waals surface area contributed by atoms with Gasteiger partial charge >= 0.3 is 0 Å². The summed E-state index contributed by atoms with van der Waals surface area (Å²) >= 11 is 2.05. The second-order valence-electron chi connectivity index (χ2n) is 8.33. The standard InChI is InChI=1S/C21H35N5S/c1-21(2)17-26(13-14-27-21)20(22-3)23-15-18-5-7-19(8-6-18)16-25-11-9-24(4)10-12-25/h5-8H,9-17H2,1-4H3,(H,22,23). The Morgan fingerprint density at radius 3 is 2.37 bits per heavy atom. The first kappa shape index (κ1) is 20.5. The molecule has 0 spiro atoms. The molecule has 1 aromatic carbocycles. The zero-order chi connectivity index (χ0) is 19.3. The molecule has 0 atom stereocenters. The van der Waals surface area contributed by atoms with Gasteiger partial charge in [0.15, 0.2) is 5.96 Å². The first-order valence-corrected chi connectivity index (χ1v) is 11.0. The minimum Gasteiger partial charge on any atom is -0.352 e. The van der Waals surface area contributed by atoms with Crippen LogP contribution in [0.5, 0.6) is 0 Å². The van der Waals surface area contributed by atoms with Crippen molar-refractivity contribution in [2.75, 3.05) is 59.1 Å². The Morgan fingerprint density at radius 1 is 1.07 bits per heavy atom. The zero-order valence-electron chi connectivity index (χ0n) is 17.4. The smallest absolute Gasteiger partial charge is 0.193 e. The van der Waals surface area contributed by atoms with E-state index >= 15 is 0 Å². The Labute approximate surface area is 169 Å². The van der Waals surface area contributed by atoms with Crippen molar-refractivity contribution in [1.29, 1.82) is 0 Å². The molecule has 6 heteroatoms. The molecule has 5 nitrogen and oxygen atoms in total. The fourth-order valence-corrected chi connectivity index (χ4v) is 4.85. The summed E-state index contributed by atoms with van der Waals surface area (Å²) in [7, 11) is 4.09. The summed E-state index contributed by atoms with van der Waals surface area (Å²) in [4.78, 5) is 11.8. The van der Waals surface area contributed by atoms with Gasteiger partial charge in [-0.2, -0.15) is 11.8 Å². The molecule has 2 aliphatic heterocycles. The van der Waals surface area contributed by atoms with E-state index in [9.17, 15) is 0 Å². The number of guanidine groups is 1. The Bertz CT molecular complexity index is 620. The fraction of sp³-hybridized carbons (Fsp3) is 0.667. The van der Waals surface area contributed by atoms with Gasteiger partial charge in [-0.3, -0.25) is 9.89 Å². The summed E-state index contributed by atoms with van der Waals surface area (Å²) in [5.41, 5.74) is 2.71. The van der Waals surface area contributed by atoms with Crippen LogP contribution in [-0.4, -0.2) is 84.5 Å². The van der Waals surface area contributed by atoms with Crippen LogP contribution < -0.4 is 5.32 Å². The molecule has 0 aromatic heterocycles. The Kier molecular flexibility index (Phi) is 7.06. The zero-order valence-corrected chi connectivity index (χ0v) is 18.2. The molecule has 0 bridgehead atoms. The summed E-state index contributed by atoms with van der Waals surface area (Å²) < 4.78 is 0.292. The maximum absolute atomic E-state index is 4.50. The Hall–Kier alpha value is -1.24. The number of nitrogens with zero attached hydrogens (tertiary/aromatic N) is 4. The molecule has 0 amide bonds. The molecule has 1 aromatic rings. The third-order valence-corrected chi connectivity index (χ3v) is 6.71. The lowest BCUT2D eigenvalue weighted by Crippen LogP contribution is -2.50. The van der Waals surface area contributed by atoms with Crippen molar-refractivity contribution in [1.82, 2.24) is 20.0 Å². The van der Waals surface area contributed by atoms with Crippen LogP contribution in [-0.2, 0) is 13.1 Å². The van der Waals surface area contributed by atoms with Gasteiger partial charge < -0.3 is 15.1 Å². The fourth-order valence-electron chi connectivity index (χ4n) is 3.74. The molecule has 3 rings (SSSR count). The quantitative estimate of drug-likeness (QED) is 0.632. The first-order valence-electron chi connectivity index (χ1n) is 10.0. The summed E-state index contributed by atoms with van der Waals surface area (Å²) in [5, 5.41) is 3.55. The van der Waals surface area contributed by atoms with E-state index in [1.807, 2.05) is 7.05 Å². The number of aliphatic imine (C=N–C) groups is 1. The largest absolute Gasteiger partial charge is 0.352 e. The molecule has 2 saturated heterocycles. The summed E-state index contributed by atoms with van der Waals surface area (Å²) in [6.45, 7) is 13.3. The third kappa shape index (κ3) is 6.13. The number of piperazine rings is 1. The van der Waals surface area contributed by atoms with Crippen LogP contribution >= 0.6 is 11.8 Å². The molecule has 0 radical (unpaired) electrons. The molecule has 1 N–H and O–H groups in total. The van der Waals surface area contributed by atoms with Crippen LogP contribution in [0.1, 0.15) is 25.0 Å². The van der Waals surface area contributed by atoms with Crippen LogP contribution in [0.4, 0.5) is 0 Å². The van der Waals surface area contributed by atoms with Crippen molar-refractivity contribution >= 4 is 17.7 Å². The Balaban J connectivity index is 1.49. The molecule has 2 heterocycles. The predicted octanol–water partition coefficient (Wildman–Crippen LogP) is 2.34. The van der Waals surface area contributed by atoms with E-state index in [4.69, 9.17) is 0 Å². The lowest BCUT2D eigenvalue weighted by Gasteiger charge is -2.39. The third-order valence-electron chi connectivity index (χ3n) is 5.41. The van der Waals surface area contributed by atoms with Crippen molar-refractivity contribution < 1.29 is 0 Å². The number of benzene rings is 1. The van der Waals surface area contributed by atoms with Gasteiger partial charge in [0.2, 0.25) is 0 Å². The first-order chi connectivity index (χ1) is 12.9. The van der Waals surface area contributed by atoms with Crippen LogP contribution in [0.15, 0.2) is 29.3 Å². The van der Waals surface area contributed by atoms with Crippen molar-refractivity contribution in [3.05, 3.63) is 35.4 Å². The normalized spacial score (nSPS) is 22.1. The summed E-state index contributed by atoms with van der Waals surface area (Å²) in [5.74, 6) is 2.18. The van der Waals surface area contributed by atoms with Gasteiger partial charge in [-0.25, -0.2) is 0 Å². The lowest BCUT2D eigenvalue weighted by atomic mass is 10.1. The maximum atomic E-state index is 4.50. The molecule has 0 unspecified atom stereocenters. The van der Waals surface area contributed by atoms with Crippen molar-refractivity contribution in [3.8, 4) is 0 Å². The van der Waals surface area contributed by atoms with Gasteiger partial charge in [0.25, 0.3) is 0 Å². The SMILES string of the molecule is CN=C(NCc1ccc(CN2CCN(C)CC2)cc1)N1CCSC(C)(C)C1. The summed E-state index contributed by atoms with van der Waals surface area (Å²) in [6.07, 6.45) is 0. The number of thioether (sulfide) groups is 1. The van der Waals surface area contributed by atoms with E-state index in [-0.39, 0.29) is 0 Å². The van der Waals surface area contributed by atoms with Gasteiger partial charge in [-0.05, 0) is 32.0 Å². The monoisotopic (exact) mass is 389 g/mol. The highest BCUT2D eigenvalue weighted by Gasteiger charge is 2.28. The second kappa shape index (κ2) is 9.30. The topological polar surface area (TPSA) is 34.1 Å². The maximum Gasteiger partial charge on any atom is 0.193 e. The lowest BCUT2D eigenvalue weighted by molar-refractivity contribution is 0.148. The molecule has 150 valence electrons. The molecule has 0 aliphatic carbocycles. The average molecular weight is 390 g/mol. The van der Waals surface area contributed by atoms with Crippen LogP contribution in [0, 0.1) is 0 Å². The number of hydrogen-bond acceptors (Lipinski definition) is 4. The van der Waals surface area contributed by atoms with Gasteiger partial charge in [-0.15, -0.1) is 0 Å². The minimum absolute atomic E-state index is 0.292. The van der Waals surface area contributed by atoms with E-state index in [0.717, 1.165) is 37.9 Å². The predicted molar refractivity (Wildman–Crippen MR) is 118 cm³/mol. The number of rotatable bonds is 4. The van der Waals surface area contributed by atoms with E-state index in [1.165, 1.54) is 37.3 Å². The second-order valence-corrected chi connectivity index (χ2v) is 10.1. The van der Waals surface area contributed by atoms with Crippen molar-refractivity contribution in [3.63, 3.8) is 0 Å². The van der Waals surface area contributed by atoms with Crippen LogP contribution in [0.2, 0.25) is 0 Å². The van der Waals surface area contributed by atoms with E-state index < -0.39 is 0 Å². The average Bonchev–Trinajstić information content (AvgIpc) is 2.65. The number of hydrogen-bond donors (Lipinski definition) is 1. The number of likely N-dealkylation sites (N-methyl/N-ethyl adjacent to an activating group) is 1. The highest BCUT2D eigenvalue weighted by molar-refractivity contribution is 8.00. The van der Waals surface area contributed by atoms with E-state index in [0.29, 0.717) is 4.75 Å². The van der Waals surface area contributed by atoms with Crippen LogP contribution in [0.25, 0.3) is 0 Å². The molecular formula is C21H35N5S. The molecule has 0 saturated carbocycles. The minimum atomic E-state index is 0.292. The van der Waals surface area contributed by atoms with Crippen LogP contribution in [0.3, 0.4) is 0 Å². The van der Waals surface area contributed by atoms with E-state index in [2.05, 4.69) is 81.9 Å². The highest BCUT2D eigenvalue weighted by Crippen LogP contribution is 2.29. The molecule has 2 aliphatic rings. The highest BCUT2D eigenvalue weighted by atomic mass is 32.2. The van der Waals surface area contributed by atoms with Gasteiger partial charge in [0, 0.05) is 69.9 Å². The van der Waals surface area contributed by atoms with Crippen molar-refractivity contribution in [2.24, 2.45) is 4.99 Å². The Morgan fingerprint density at radius 2 is 1.74 bits per heavy atom.